The molecule has 0 aliphatic heterocycles. The van der Waals surface area contributed by atoms with Gasteiger partial charge in [-0.2, -0.15) is 10.2 Å². The van der Waals surface area contributed by atoms with Crippen molar-refractivity contribution in [3.63, 3.8) is 0 Å². The van der Waals surface area contributed by atoms with Crippen LogP contribution in [0.5, 0.6) is 0 Å². The molecule has 3 atom stereocenters. The predicted molar refractivity (Wildman–Crippen MR) is 65.4 cm³/mol. The largest absolute Gasteiger partial charge is 0.394 e. The van der Waals surface area contributed by atoms with E-state index in [0.29, 0.717) is 0 Å². The van der Waals surface area contributed by atoms with Gasteiger partial charge in [0.2, 0.25) is 0 Å². The van der Waals surface area contributed by atoms with E-state index < -0.39 is 30.7 Å². The van der Waals surface area contributed by atoms with Crippen LogP contribution < -0.4 is 0 Å². The number of rotatable bonds is 5. The molecule has 2 aromatic rings. The Hall–Kier alpha value is -1.87. The summed E-state index contributed by atoms with van der Waals surface area (Å²) in [6.45, 7) is -0.709. The lowest BCUT2D eigenvalue weighted by molar-refractivity contribution is -0.0790. The third kappa shape index (κ3) is 2.83. The summed E-state index contributed by atoms with van der Waals surface area (Å²) in [4.78, 5) is 0.964. The lowest BCUT2D eigenvalue weighted by Gasteiger charge is -2.19. The van der Waals surface area contributed by atoms with E-state index in [1.807, 2.05) is 0 Å². The third-order valence-corrected chi connectivity index (χ3v) is 2.79. The lowest BCUT2D eigenvalue weighted by atomic mass is 10.1. The zero-order valence-corrected chi connectivity index (χ0v) is 10.3. The van der Waals surface area contributed by atoms with E-state index in [0.717, 1.165) is 11.0 Å². The molecule has 108 valence electrons. The number of aliphatic hydroxyl groups excluding tert-OH is 4. The van der Waals surface area contributed by atoms with Crippen LogP contribution in [0.3, 0.4) is 0 Å². The Bertz CT molecular complexity index is 577. The molecule has 1 aromatic heterocycles. The van der Waals surface area contributed by atoms with Crippen molar-refractivity contribution >= 4 is 0 Å². The molecule has 0 radical (unpaired) electrons. The van der Waals surface area contributed by atoms with Gasteiger partial charge in [-0.3, -0.25) is 0 Å². The standard InChI is InChI=1S/C12H14FN3O4/c13-7-3-1-2-4-9(7)16-14-5-8(15-16)11(19)12(20)10(18)6-17/h1-5,10-12,17-20H,6H2/t10-,11-,12-/m1/s1. The number of benzene rings is 1. The molecule has 1 aromatic carbocycles. The number of hydrogen-bond donors (Lipinski definition) is 4. The van der Waals surface area contributed by atoms with E-state index in [4.69, 9.17) is 5.11 Å². The average molecular weight is 283 g/mol. The van der Waals surface area contributed by atoms with Crippen molar-refractivity contribution < 1.29 is 24.8 Å². The summed E-state index contributed by atoms with van der Waals surface area (Å²) >= 11 is 0. The molecule has 0 saturated carbocycles. The number of hydrogen-bond acceptors (Lipinski definition) is 6. The Kier molecular flexibility index (Phi) is 4.40. The summed E-state index contributed by atoms with van der Waals surface area (Å²) in [5.74, 6) is -0.542. The van der Waals surface area contributed by atoms with Gasteiger partial charge in [-0.1, -0.05) is 12.1 Å². The Morgan fingerprint density at radius 2 is 1.90 bits per heavy atom. The maximum atomic E-state index is 13.5. The first kappa shape index (κ1) is 14.5. The van der Waals surface area contributed by atoms with Gasteiger partial charge in [-0.25, -0.2) is 4.39 Å². The van der Waals surface area contributed by atoms with Crippen molar-refractivity contribution in [2.45, 2.75) is 18.3 Å². The number of para-hydroxylation sites is 1. The summed E-state index contributed by atoms with van der Waals surface area (Å²) in [7, 11) is 0. The van der Waals surface area contributed by atoms with E-state index in [1.54, 1.807) is 6.07 Å². The molecule has 20 heavy (non-hydrogen) atoms. The molecule has 0 spiro atoms. The second kappa shape index (κ2) is 6.06. The van der Waals surface area contributed by atoms with Crippen LogP contribution in [0.4, 0.5) is 4.39 Å². The molecular weight excluding hydrogens is 269 g/mol. The fourth-order valence-electron chi connectivity index (χ4n) is 1.63. The van der Waals surface area contributed by atoms with Crippen molar-refractivity contribution in [3.8, 4) is 5.69 Å². The van der Waals surface area contributed by atoms with Gasteiger partial charge in [0.15, 0.2) is 5.82 Å². The maximum absolute atomic E-state index is 13.5. The van der Waals surface area contributed by atoms with Gasteiger partial charge in [-0.15, -0.1) is 4.80 Å². The molecular formula is C12H14FN3O4. The highest BCUT2D eigenvalue weighted by atomic mass is 19.1. The molecule has 1 heterocycles. The van der Waals surface area contributed by atoms with Gasteiger partial charge in [-0.05, 0) is 12.1 Å². The molecule has 0 aliphatic carbocycles. The van der Waals surface area contributed by atoms with Crippen LogP contribution in [0.2, 0.25) is 0 Å². The fraction of sp³-hybridized carbons (Fsp3) is 0.333. The SMILES string of the molecule is OC[C@@H](O)[C@@H](O)[C@H](O)c1cnn(-c2ccccc2F)n1. The van der Waals surface area contributed by atoms with E-state index in [2.05, 4.69) is 10.2 Å². The van der Waals surface area contributed by atoms with Crippen LogP contribution in [-0.4, -0.2) is 54.2 Å². The Balaban J connectivity index is 2.23. The highest BCUT2D eigenvalue weighted by Gasteiger charge is 2.27. The molecule has 0 aliphatic rings. The smallest absolute Gasteiger partial charge is 0.150 e. The highest BCUT2D eigenvalue weighted by Crippen LogP contribution is 2.18. The molecule has 0 amide bonds. The van der Waals surface area contributed by atoms with Crippen LogP contribution in [0.25, 0.3) is 5.69 Å². The van der Waals surface area contributed by atoms with E-state index in [1.165, 1.54) is 18.2 Å². The molecule has 0 saturated heterocycles. The maximum Gasteiger partial charge on any atom is 0.150 e. The van der Waals surface area contributed by atoms with Crippen LogP contribution in [0.1, 0.15) is 11.8 Å². The van der Waals surface area contributed by atoms with Crippen molar-refractivity contribution in [1.82, 2.24) is 15.0 Å². The molecule has 0 fully saturated rings. The summed E-state index contributed by atoms with van der Waals surface area (Å²) in [5, 5.41) is 44.9. The fourth-order valence-corrected chi connectivity index (χ4v) is 1.63. The van der Waals surface area contributed by atoms with Crippen LogP contribution >= 0.6 is 0 Å². The molecule has 8 heteroatoms. The molecule has 7 nitrogen and oxygen atoms in total. The minimum Gasteiger partial charge on any atom is -0.394 e. The second-order valence-electron chi connectivity index (χ2n) is 4.20. The van der Waals surface area contributed by atoms with Crippen molar-refractivity contribution in [2.24, 2.45) is 0 Å². The van der Waals surface area contributed by atoms with Crippen LogP contribution in [0, 0.1) is 5.82 Å². The van der Waals surface area contributed by atoms with Gasteiger partial charge < -0.3 is 20.4 Å². The number of aliphatic hydroxyl groups is 4. The number of nitrogens with zero attached hydrogens (tertiary/aromatic N) is 3. The Labute approximate surface area is 113 Å². The summed E-state index contributed by atoms with van der Waals surface area (Å²) in [6.07, 6.45) is -3.53. The summed E-state index contributed by atoms with van der Waals surface area (Å²) in [6, 6.07) is 5.80. The van der Waals surface area contributed by atoms with E-state index in [9.17, 15) is 19.7 Å². The Morgan fingerprint density at radius 3 is 2.55 bits per heavy atom. The number of aromatic nitrogens is 3. The normalized spacial score (nSPS) is 15.8. The van der Waals surface area contributed by atoms with Gasteiger partial charge in [0.1, 0.15) is 29.7 Å². The Morgan fingerprint density at radius 1 is 1.20 bits per heavy atom. The van der Waals surface area contributed by atoms with E-state index >= 15 is 0 Å². The first-order valence-corrected chi connectivity index (χ1v) is 5.86. The first-order chi connectivity index (χ1) is 9.54. The predicted octanol–water partition coefficient (Wildman–Crippen LogP) is -0.846. The molecule has 0 bridgehead atoms. The van der Waals surface area contributed by atoms with Crippen LogP contribution in [0.15, 0.2) is 30.5 Å². The van der Waals surface area contributed by atoms with Crippen LogP contribution in [-0.2, 0) is 0 Å². The molecule has 2 rings (SSSR count). The average Bonchev–Trinajstić information content (AvgIpc) is 2.94. The van der Waals surface area contributed by atoms with Gasteiger partial charge in [0, 0.05) is 0 Å². The summed E-state index contributed by atoms with van der Waals surface area (Å²) in [5.41, 5.74) is 0.0383. The van der Waals surface area contributed by atoms with Crippen molar-refractivity contribution in [3.05, 3.63) is 42.0 Å². The minimum absolute atomic E-state index is 0.0479. The van der Waals surface area contributed by atoms with Gasteiger partial charge >= 0.3 is 0 Å². The highest BCUT2D eigenvalue weighted by molar-refractivity contribution is 5.30. The third-order valence-electron chi connectivity index (χ3n) is 2.79. The number of halogens is 1. The van der Waals surface area contributed by atoms with Crippen molar-refractivity contribution in [2.75, 3.05) is 6.61 Å². The monoisotopic (exact) mass is 283 g/mol. The zero-order valence-electron chi connectivity index (χ0n) is 10.3. The topological polar surface area (TPSA) is 112 Å². The van der Waals surface area contributed by atoms with Gasteiger partial charge in [0.25, 0.3) is 0 Å². The summed E-state index contributed by atoms with van der Waals surface area (Å²) < 4.78 is 13.5. The lowest BCUT2D eigenvalue weighted by Crippen LogP contribution is -2.34. The molecule has 0 unspecified atom stereocenters. The second-order valence-corrected chi connectivity index (χ2v) is 4.20. The minimum atomic E-state index is -1.62. The van der Waals surface area contributed by atoms with E-state index in [-0.39, 0.29) is 11.4 Å². The zero-order chi connectivity index (χ0) is 14.7. The quantitative estimate of drug-likeness (QED) is 0.569. The van der Waals surface area contributed by atoms with Crippen molar-refractivity contribution in [1.29, 1.82) is 0 Å². The molecule has 4 N–H and O–H groups in total. The first-order valence-electron chi connectivity index (χ1n) is 5.86. The van der Waals surface area contributed by atoms with Gasteiger partial charge in [0.05, 0.1) is 12.8 Å².